The Morgan fingerprint density at radius 2 is 1.72 bits per heavy atom. The van der Waals surface area contributed by atoms with Crippen LogP contribution in [0.3, 0.4) is 0 Å². The molecule has 1 saturated heterocycles. The summed E-state index contributed by atoms with van der Waals surface area (Å²) in [6, 6.07) is 13.7. The van der Waals surface area contributed by atoms with Crippen LogP contribution < -0.4 is 14.4 Å². The van der Waals surface area contributed by atoms with Crippen molar-refractivity contribution in [3.63, 3.8) is 0 Å². The van der Waals surface area contributed by atoms with E-state index in [4.69, 9.17) is 14.2 Å². The molecule has 0 unspecified atom stereocenters. The first kappa shape index (κ1) is 20.4. The van der Waals surface area contributed by atoms with Gasteiger partial charge in [0.25, 0.3) is 0 Å². The Labute approximate surface area is 169 Å². The van der Waals surface area contributed by atoms with Crippen molar-refractivity contribution in [1.82, 2.24) is 0 Å². The Bertz CT molecular complexity index is 908. The Morgan fingerprint density at radius 3 is 2.38 bits per heavy atom. The number of amides is 1. The van der Waals surface area contributed by atoms with E-state index in [1.54, 1.807) is 62.8 Å². The predicted octanol–water partition coefficient (Wildman–Crippen LogP) is 2.87. The minimum Gasteiger partial charge on any atom is -0.497 e. The number of anilines is 1. The summed E-state index contributed by atoms with van der Waals surface area (Å²) in [5.41, 5.74) is 1.08. The first-order chi connectivity index (χ1) is 13.9. The molecule has 1 heterocycles. The molecule has 1 fully saturated rings. The van der Waals surface area contributed by atoms with Crippen LogP contribution in [-0.4, -0.2) is 44.5 Å². The Kier molecular flexibility index (Phi) is 6.16. The molecule has 0 saturated carbocycles. The monoisotopic (exact) mass is 397 g/mol. The van der Waals surface area contributed by atoms with Gasteiger partial charge in [-0.05, 0) is 43.3 Å². The summed E-state index contributed by atoms with van der Waals surface area (Å²) in [7, 11) is 3.09. The molecule has 0 aliphatic carbocycles. The average Bonchev–Trinajstić information content (AvgIpc) is 3.15. The molecule has 0 spiro atoms. The first-order valence-electron chi connectivity index (χ1n) is 9.26. The molecule has 1 aliphatic heterocycles. The highest BCUT2D eigenvalue weighted by atomic mass is 16.5. The van der Waals surface area contributed by atoms with Crippen molar-refractivity contribution in [2.45, 2.75) is 19.4 Å². The minimum atomic E-state index is -0.947. The number of hydrogen-bond donors (Lipinski definition) is 0. The van der Waals surface area contributed by atoms with Gasteiger partial charge in [-0.2, -0.15) is 0 Å². The van der Waals surface area contributed by atoms with Crippen molar-refractivity contribution in [1.29, 1.82) is 0 Å². The second-order valence-electron chi connectivity index (χ2n) is 6.78. The van der Waals surface area contributed by atoms with Crippen LogP contribution in [0.4, 0.5) is 5.69 Å². The van der Waals surface area contributed by atoms with Gasteiger partial charge in [0, 0.05) is 30.3 Å². The fourth-order valence-electron chi connectivity index (χ4n) is 3.21. The number of hydrogen-bond acceptors (Lipinski definition) is 6. The molecule has 3 rings (SSSR count). The van der Waals surface area contributed by atoms with E-state index in [-0.39, 0.29) is 24.7 Å². The Morgan fingerprint density at radius 1 is 1.03 bits per heavy atom. The zero-order valence-electron chi connectivity index (χ0n) is 16.6. The summed E-state index contributed by atoms with van der Waals surface area (Å²) in [5, 5.41) is 0. The Hall–Kier alpha value is -3.35. The van der Waals surface area contributed by atoms with Gasteiger partial charge < -0.3 is 19.1 Å². The van der Waals surface area contributed by atoms with Gasteiger partial charge in [0.05, 0.1) is 20.1 Å². The van der Waals surface area contributed by atoms with Crippen molar-refractivity contribution in [2.75, 3.05) is 25.7 Å². The van der Waals surface area contributed by atoms with Gasteiger partial charge in [-0.25, -0.2) is 0 Å². The van der Waals surface area contributed by atoms with Crippen LogP contribution in [0.2, 0.25) is 0 Å². The molecule has 0 radical (unpaired) electrons. The molecule has 0 N–H and O–H groups in total. The van der Waals surface area contributed by atoms with E-state index in [1.165, 1.54) is 11.8 Å². The van der Waals surface area contributed by atoms with E-state index in [0.717, 1.165) is 0 Å². The molecular weight excluding hydrogens is 374 g/mol. The number of benzene rings is 2. The molecule has 7 nitrogen and oxygen atoms in total. The van der Waals surface area contributed by atoms with E-state index in [9.17, 15) is 14.4 Å². The third-order valence-corrected chi connectivity index (χ3v) is 4.86. The van der Waals surface area contributed by atoms with Crippen LogP contribution in [0.5, 0.6) is 11.5 Å². The fraction of sp³-hybridized carbons (Fsp3) is 0.318. The van der Waals surface area contributed by atoms with Crippen LogP contribution in [0.15, 0.2) is 48.5 Å². The largest absolute Gasteiger partial charge is 0.497 e. The van der Waals surface area contributed by atoms with Crippen LogP contribution in [0, 0.1) is 5.92 Å². The normalized spacial score (nSPS) is 17.0. The number of rotatable bonds is 7. The van der Waals surface area contributed by atoms with Gasteiger partial charge in [-0.15, -0.1) is 0 Å². The molecule has 2 aromatic rings. The van der Waals surface area contributed by atoms with Crippen LogP contribution >= 0.6 is 0 Å². The number of ether oxygens (including phenoxy) is 3. The maximum absolute atomic E-state index is 12.5. The van der Waals surface area contributed by atoms with Crippen LogP contribution in [0.1, 0.15) is 23.7 Å². The smallest absolute Gasteiger partial charge is 0.312 e. The zero-order valence-corrected chi connectivity index (χ0v) is 16.6. The van der Waals surface area contributed by atoms with E-state index >= 15 is 0 Å². The van der Waals surface area contributed by atoms with Gasteiger partial charge in [0.2, 0.25) is 11.7 Å². The lowest BCUT2D eigenvalue weighted by Gasteiger charge is -2.18. The van der Waals surface area contributed by atoms with Crippen molar-refractivity contribution in [2.24, 2.45) is 5.92 Å². The Balaban J connectivity index is 1.62. The summed E-state index contributed by atoms with van der Waals surface area (Å²) in [5.74, 6) is -0.407. The summed E-state index contributed by atoms with van der Waals surface area (Å²) >= 11 is 0. The van der Waals surface area contributed by atoms with Gasteiger partial charge in [-0.1, -0.05) is 6.07 Å². The quantitative estimate of drug-likeness (QED) is 0.528. The standard InChI is InChI=1S/C22H23NO6/c1-14(21(25)15-7-9-18(27-2)10-8-15)29-22(26)16-11-20(24)23(13-16)17-5-4-6-19(12-17)28-3/h4-10,12,14,16H,11,13H2,1-3H3/t14-,16+/m1/s1. The number of carbonyl (C=O) groups is 3. The van der Waals surface area contributed by atoms with E-state index in [1.807, 2.05) is 0 Å². The van der Waals surface area contributed by atoms with Gasteiger partial charge in [0.1, 0.15) is 11.5 Å². The van der Waals surface area contributed by atoms with Crippen molar-refractivity contribution in [3.05, 3.63) is 54.1 Å². The first-order valence-corrected chi connectivity index (χ1v) is 9.26. The van der Waals surface area contributed by atoms with E-state index < -0.39 is 18.0 Å². The van der Waals surface area contributed by atoms with E-state index in [0.29, 0.717) is 22.7 Å². The highest BCUT2D eigenvalue weighted by molar-refractivity contribution is 6.02. The molecule has 152 valence electrons. The van der Waals surface area contributed by atoms with Gasteiger partial charge >= 0.3 is 5.97 Å². The number of Topliss-reactive ketones (excluding diaryl/α,β-unsaturated/α-hetero) is 1. The van der Waals surface area contributed by atoms with Crippen molar-refractivity contribution >= 4 is 23.3 Å². The molecule has 0 aromatic heterocycles. The highest BCUT2D eigenvalue weighted by Crippen LogP contribution is 2.28. The lowest BCUT2D eigenvalue weighted by molar-refractivity contribution is -0.151. The fourth-order valence-corrected chi connectivity index (χ4v) is 3.21. The average molecular weight is 397 g/mol. The zero-order chi connectivity index (χ0) is 21.0. The number of nitrogens with zero attached hydrogens (tertiary/aromatic N) is 1. The maximum atomic E-state index is 12.5. The summed E-state index contributed by atoms with van der Waals surface area (Å²) < 4.78 is 15.6. The highest BCUT2D eigenvalue weighted by Gasteiger charge is 2.37. The minimum absolute atomic E-state index is 0.0412. The molecular formula is C22H23NO6. The molecule has 1 amide bonds. The summed E-state index contributed by atoms with van der Waals surface area (Å²) in [6.45, 7) is 1.73. The topological polar surface area (TPSA) is 82.1 Å². The number of ketones is 1. The van der Waals surface area contributed by atoms with Gasteiger partial charge in [-0.3, -0.25) is 14.4 Å². The molecule has 0 bridgehead atoms. The van der Waals surface area contributed by atoms with Gasteiger partial charge in [0.15, 0.2) is 6.10 Å². The number of esters is 1. The summed E-state index contributed by atoms with van der Waals surface area (Å²) in [6.07, 6.45) is -0.906. The van der Waals surface area contributed by atoms with Crippen LogP contribution in [0.25, 0.3) is 0 Å². The predicted molar refractivity (Wildman–Crippen MR) is 106 cm³/mol. The maximum Gasteiger partial charge on any atom is 0.312 e. The number of methoxy groups -OCH3 is 2. The molecule has 2 atom stereocenters. The summed E-state index contributed by atoms with van der Waals surface area (Å²) in [4.78, 5) is 39.0. The molecule has 2 aromatic carbocycles. The second-order valence-corrected chi connectivity index (χ2v) is 6.78. The molecule has 29 heavy (non-hydrogen) atoms. The lowest BCUT2D eigenvalue weighted by Crippen LogP contribution is -2.30. The molecule has 7 heteroatoms. The van der Waals surface area contributed by atoms with Crippen molar-refractivity contribution < 1.29 is 28.6 Å². The lowest BCUT2D eigenvalue weighted by atomic mass is 10.1. The third kappa shape index (κ3) is 4.56. The van der Waals surface area contributed by atoms with E-state index in [2.05, 4.69) is 0 Å². The molecule has 1 aliphatic rings. The second kappa shape index (κ2) is 8.77. The SMILES string of the molecule is COc1ccc(C(=O)[C@@H](C)OC(=O)[C@H]2CC(=O)N(c3cccc(OC)c3)C2)cc1. The third-order valence-electron chi connectivity index (χ3n) is 4.86. The van der Waals surface area contributed by atoms with Crippen molar-refractivity contribution in [3.8, 4) is 11.5 Å². The number of carbonyl (C=O) groups excluding carboxylic acids is 3. The van der Waals surface area contributed by atoms with Crippen LogP contribution in [-0.2, 0) is 14.3 Å².